The number of anilines is 2. The summed E-state index contributed by atoms with van der Waals surface area (Å²) in [5.41, 5.74) is 2.77. The van der Waals surface area contributed by atoms with E-state index in [1.807, 2.05) is 37.4 Å². The average Bonchev–Trinajstić information content (AvgIpc) is 3.46. The number of nitrogens with zero attached hydrogens (tertiary/aromatic N) is 3. The zero-order chi connectivity index (χ0) is 17.2. The summed E-state index contributed by atoms with van der Waals surface area (Å²) in [6, 6.07) is 7.88. The first-order chi connectivity index (χ1) is 12.2. The topological polar surface area (TPSA) is 67.3 Å². The lowest BCUT2D eigenvalue weighted by Crippen LogP contribution is -2.36. The molecule has 2 aliphatic rings. The van der Waals surface area contributed by atoms with Crippen LogP contribution in [0.4, 0.5) is 11.5 Å². The second-order valence-electron chi connectivity index (χ2n) is 6.63. The Labute approximate surface area is 147 Å². The third-order valence-electron chi connectivity index (χ3n) is 4.90. The number of pyridine rings is 2. The highest BCUT2D eigenvalue weighted by molar-refractivity contribution is 5.95. The van der Waals surface area contributed by atoms with Gasteiger partial charge in [-0.3, -0.25) is 9.78 Å². The van der Waals surface area contributed by atoms with Crippen molar-refractivity contribution in [1.82, 2.24) is 9.97 Å². The van der Waals surface area contributed by atoms with Crippen LogP contribution in [0.3, 0.4) is 0 Å². The average molecular weight is 338 g/mol. The monoisotopic (exact) mass is 338 g/mol. The second-order valence-corrected chi connectivity index (χ2v) is 6.63. The summed E-state index contributed by atoms with van der Waals surface area (Å²) in [5.74, 6) is 1.33. The Morgan fingerprint density at radius 1 is 1.28 bits per heavy atom. The van der Waals surface area contributed by atoms with Gasteiger partial charge in [0.15, 0.2) is 0 Å². The summed E-state index contributed by atoms with van der Waals surface area (Å²) in [4.78, 5) is 23.5. The number of aryl methyl sites for hydroxylation is 1. The van der Waals surface area contributed by atoms with Gasteiger partial charge in [-0.05, 0) is 43.0 Å². The van der Waals surface area contributed by atoms with Gasteiger partial charge in [0, 0.05) is 31.4 Å². The van der Waals surface area contributed by atoms with Crippen molar-refractivity contribution in [1.29, 1.82) is 0 Å². The van der Waals surface area contributed by atoms with E-state index in [4.69, 9.17) is 4.74 Å². The quantitative estimate of drug-likeness (QED) is 0.927. The molecule has 2 atom stereocenters. The summed E-state index contributed by atoms with van der Waals surface area (Å²) in [7, 11) is 0. The Balaban J connectivity index is 1.40. The van der Waals surface area contributed by atoms with Crippen molar-refractivity contribution in [2.45, 2.75) is 19.3 Å². The molecule has 1 saturated carbocycles. The van der Waals surface area contributed by atoms with Crippen molar-refractivity contribution in [2.24, 2.45) is 5.92 Å². The van der Waals surface area contributed by atoms with Gasteiger partial charge in [-0.15, -0.1) is 0 Å². The number of nitrogens with one attached hydrogen (secondary N) is 1. The lowest BCUT2D eigenvalue weighted by molar-refractivity contribution is -0.117. The van der Waals surface area contributed by atoms with Crippen molar-refractivity contribution in [3.05, 3.63) is 47.9 Å². The Bertz CT molecular complexity index is 759. The Morgan fingerprint density at radius 2 is 2.12 bits per heavy atom. The van der Waals surface area contributed by atoms with Crippen LogP contribution in [0.25, 0.3) is 0 Å². The van der Waals surface area contributed by atoms with E-state index in [2.05, 4.69) is 20.2 Å². The SMILES string of the molecule is Cc1nc(N2CCOCC2)ccc1NC(=O)[C@@H]1C[C@H]1c1cccnc1. The van der Waals surface area contributed by atoms with E-state index in [9.17, 15) is 4.79 Å². The maximum absolute atomic E-state index is 12.5. The Hall–Kier alpha value is -2.47. The maximum atomic E-state index is 12.5. The number of hydrogen-bond acceptors (Lipinski definition) is 5. The minimum Gasteiger partial charge on any atom is -0.378 e. The first kappa shape index (κ1) is 16.0. The molecule has 25 heavy (non-hydrogen) atoms. The van der Waals surface area contributed by atoms with Gasteiger partial charge >= 0.3 is 0 Å². The van der Waals surface area contributed by atoms with E-state index in [1.54, 1.807) is 6.20 Å². The number of morpholine rings is 1. The summed E-state index contributed by atoms with van der Waals surface area (Å²) >= 11 is 0. The van der Waals surface area contributed by atoms with Gasteiger partial charge in [0.05, 0.1) is 24.6 Å². The summed E-state index contributed by atoms with van der Waals surface area (Å²) in [6.07, 6.45) is 4.49. The maximum Gasteiger partial charge on any atom is 0.228 e. The van der Waals surface area contributed by atoms with Crippen molar-refractivity contribution < 1.29 is 9.53 Å². The number of carbonyl (C=O) groups excluding carboxylic acids is 1. The van der Waals surface area contributed by atoms with Crippen LogP contribution < -0.4 is 10.2 Å². The Morgan fingerprint density at radius 3 is 2.84 bits per heavy atom. The minimum atomic E-state index is 0.0301. The van der Waals surface area contributed by atoms with E-state index in [0.717, 1.165) is 55.5 Å². The van der Waals surface area contributed by atoms with Crippen molar-refractivity contribution >= 4 is 17.4 Å². The Kier molecular flexibility index (Phi) is 4.36. The number of carbonyl (C=O) groups is 1. The molecule has 1 aliphatic heterocycles. The van der Waals surface area contributed by atoms with Crippen LogP contribution in [-0.4, -0.2) is 42.2 Å². The molecule has 6 heteroatoms. The zero-order valence-electron chi connectivity index (χ0n) is 14.3. The van der Waals surface area contributed by atoms with Crippen LogP contribution in [0, 0.1) is 12.8 Å². The van der Waals surface area contributed by atoms with E-state index >= 15 is 0 Å². The molecule has 0 aromatic carbocycles. The fourth-order valence-corrected chi connectivity index (χ4v) is 3.32. The van der Waals surface area contributed by atoms with Gasteiger partial charge in [0.1, 0.15) is 5.82 Å². The molecule has 6 nitrogen and oxygen atoms in total. The van der Waals surface area contributed by atoms with Crippen LogP contribution >= 0.6 is 0 Å². The molecular weight excluding hydrogens is 316 g/mol. The third kappa shape index (κ3) is 3.49. The third-order valence-corrected chi connectivity index (χ3v) is 4.90. The molecule has 1 aliphatic carbocycles. The highest BCUT2D eigenvalue weighted by Crippen LogP contribution is 2.47. The van der Waals surface area contributed by atoms with E-state index < -0.39 is 0 Å². The summed E-state index contributed by atoms with van der Waals surface area (Å²) in [6.45, 7) is 5.11. The van der Waals surface area contributed by atoms with Crippen LogP contribution in [0.15, 0.2) is 36.7 Å². The molecule has 130 valence electrons. The molecule has 1 amide bonds. The second kappa shape index (κ2) is 6.80. The highest BCUT2D eigenvalue weighted by atomic mass is 16.5. The molecule has 0 bridgehead atoms. The molecular formula is C19H22N4O2. The first-order valence-electron chi connectivity index (χ1n) is 8.73. The molecule has 0 unspecified atom stereocenters. The molecule has 4 rings (SSSR count). The molecule has 1 saturated heterocycles. The fraction of sp³-hybridized carbons (Fsp3) is 0.421. The molecule has 2 aromatic heterocycles. The number of aromatic nitrogens is 2. The van der Waals surface area contributed by atoms with Gasteiger partial charge in [-0.2, -0.15) is 0 Å². The highest BCUT2D eigenvalue weighted by Gasteiger charge is 2.44. The van der Waals surface area contributed by atoms with Crippen molar-refractivity contribution in [3.63, 3.8) is 0 Å². The number of ether oxygens (including phenoxy) is 1. The van der Waals surface area contributed by atoms with Crippen molar-refractivity contribution in [2.75, 3.05) is 36.5 Å². The first-order valence-corrected chi connectivity index (χ1v) is 8.73. The number of hydrogen-bond donors (Lipinski definition) is 1. The lowest BCUT2D eigenvalue weighted by Gasteiger charge is -2.28. The molecule has 3 heterocycles. The van der Waals surface area contributed by atoms with Crippen LogP contribution in [0.1, 0.15) is 23.6 Å². The standard InChI is InChI=1S/C19H22N4O2/c1-13-17(4-5-18(21-13)23-7-9-25-10-8-23)22-19(24)16-11-15(16)14-3-2-6-20-12-14/h2-6,12,15-16H,7-11H2,1H3,(H,22,24)/t15-,16+/m0/s1. The largest absolute Gasteiger partial charge is 0.378 e. The predicted octanol–water partition coefficient (Wildman–Crippen LogP) is 2.36. The van der Waals surface area contributed by atoms with E-state index in [0.29, 0.717) is 0 Å². The van der Waals surface area contributed by atoms with Gasteiger partial charge in [-0.25, -0.2) is 4.98 Å². The van der Waals surface area contributed by atoms with Crippen LogP contribution in [0.5, 0.6) is 0 Å². The fourth-order valence-electron chi connectivity index (χ4n) is 3.32. The molecule has 1 N–H and O–H groups in total. The van der Waals surface area contributed by atoms with E-state index in [-0.39, 0.29) is 17.7 Å². The van der Waals surface area contributed by atoms with Gasteiger partial charge in [0.25, 0.3) is 0 Å². The zero-order valence-corrected chi connectivity index (χ0v) is 14.3. The normalized spacial score (nSPS) is 22.5. The lowest BCUT2D eigenvalue weighted by atomic mass is 10.1. The molecule has 2 aromatic rings. The van der Waals surface area contributed by atoms with Gasteiger partial charge in [-0.1, -0.05) is 6.07 Å². The van der Waals surface area contributed by atoms with Gasteiger partial charge < -0.3 is 15.0 Å². The summed E-state index contributed by atoms with van der Waals surface area (Å²) < 4.78 is 5.38. The summed E-state index contributed by atoms with van der Waals surface area (Å²) in [5, 5.41) is 3.04. The minimum absolute atomic E-state index is 0.0301. The van der Waals surface area contributed by atoms with E-state index in [1.165, 1.54) is 0 Å². The van der Waals surface area contributed by atoms with Crippen LogP contribution in [-0.2, 0) is 9.53 Å². The van der Waals surface area contributed by atoms with Gasteiger partial charge in [0.2, 0.25) is 5.91 Å². The molecule has 2 fully saturated rings. The number of rotatable bonds is 4. The van der Waals surface area contributed by atoms with Crippen LogP contribution in [0.2, 0.25) is 0 Å². The molecule has 0 radical (unpaired) electrons. The predicted molar refractivity (Wildman–Crippen MR) is 95.7 cm³/mol. The van der Waals surface area contributed by atoms with Crippen molar-refractivity contribution in [3.8, 4) is 0 Å². The smallest absolute Gasteiger partial charge is 0.228 e. The molecule has 0 spiro atoms. The number of amides is 1.